The fraction of sp³-hybridized carbons (Fsp3) is 0.462. The van der Waals surface area contributed by atoms with Crippen LogP contribution >= 0.6 is 0 Å². The number of carbonyl (C=O) groups excluding carboxylic acids is 2. The molecule has 0 unspecified atom stereocenters. The zero-order valence-electron chi connectivity index (χ0n) is 20.6. The Kier molecular flexibility index (Phi) is 7.15. The molecule has 0 aliphatic carbocycles. The lowest BCUT2D eigenvalue weighted by molar-refractivity contribution is -0.131. The maximum Gasteiger partial charge on any atom is 0.282 e. The minimum atomic E-state index is -0.262. The van der Waals surface area contributed by atoms with E-state index in [-0.39, 0.29) is 17.4 Å². The first-order chi connectivity index (χ1) is 17.5. The molecule has 190 valence electrons. The molecule has 5 rings (SSSR count). The summed E-state index contributed by atoms with van der Waals surface area (Å²) in [6.45, 7) is 5.36. The smallest absolute Gasteiger partial charge is 0.282 e. The van der Waals surface area contributed by atoms with E-state index in [0.717, 1.165) is 25.9 Å². The molecule has 0 aromatic heterocycles. The second kappa shape index (κ2) is 10.6. The molecule has 10 nitrogen and oxygen atoms in total. The Morgan fingerprint density at radius 2 is 1.67 bits per heavy atom. The standard InChI is InChI=1S/C26H32N6O4/c1-36-16-15-29-17-21(24-22(18-29)26(35)32(27-24)20-7-3-2-4-8-20)25(34)31-13-11-28(12-14-31)19-23(33)30-9-5-6-10-30/h2-4,7-8,17-18H,5-6,9-16,19H2,1H3. The number of hydrogen-bond donors (Lipinski definition) is 0. The number of fused-ring (bicyclic) bond motifs is 1. The highest BCUT2D eigenvalue weighted by atomic mass is 16.5. The fourth-order valence-corrected chi connectivity index (χ4v) is 4.92. The second-order valence-electron chi connectivity index (χ2n) is 9.37. The second-order valence-corrected chi connectivity index (χ2v) is 9.37. The number of rotatable bonds is 7. The van der Waals surface area contributed by atoms with Crippen LogP contribution in [0.2, 0.25) is 0 Å². The molecule has 2 saturated heterocycles. The number of nitrogens with zero attached hydrogens (tertiary/aromatic N) is 6. The molecule has 0 radical (unpaired) electrons. The van der Waals surface area contributed by atoms with E-state index in [1.165, 1.54) is 4.68 Å². The van der Waals surface area contributed by atoms with Gasteiger partial charge in [-0.1, -0.05) is 18.2 Å². The quantitative estimate of drug-likeness (QED) is 0.492. The highest BCUT2D eigenvalue weighted by molar-refractivity contribution is 6.00. The number of carbonyl (C=O) groups is 2. The van der Waals surface area contributed by atoms with E-state index in [1.807, 2.05) is 39.8 Å². The number of likely N-dealkylation sites (tertiary alicyclic amines) is 1. The van der Waals surface area contributed by atoms with Gasteiger partial charge in [0.1, 0.15) is 5.69 Å². The third-order valence-corrected chi connectivity index (χ3v) is 6.98. The third kappa shape index (κ3) is 4.91. The van der Waals surface area contributed by atoms with E-state index >= 15 is 0 Å². The number of methoxy groups -OCH3 is 1. The molecule has 10 heteroatoms. The minimum Gasteiger partial charge on any atom is -0.383 e. The van der Waals surface area contributed by atoms with Crippen LogP contribution in [0.25, 0.3) is 16.9 Å². The van der Waals surface area contributed by atoms with Crippen LogP contribution in [0.5, 0.6) is 0 Å². The van der Waals surface area contributed by atoms with Crippen molar-refractivity contribution in [1.82, 2.24) is 29.0 Å². The zero-order chi connectivity index (χ0) is 25.1. The van der Waals surface area contributed by atoms with Crippen molar-refractivity contribution in [3.05, 3.63) is 58.6 Å². The van der Waals surface area contributed by atoms with Crippen molar-refractivity contribution in [3.63, 3.8) is 0 Å². The highest BCUT2D eigenvalue weighted by Gasteiger charge is 2.30. The summed E-state index contributed by atoms with van der Waals surface area (Å²) in [7, 11) is 1.62. The monoisotopic (exact) mass is 492 g/mol. The average molecular weight is 493 g/mol. The summed E-state index contributed by atoms with van der Waals surface area (Å²) < 4.78 is 8.38. The van der Waals surface area contributed by atoms with Crippen molar-refractivity contribution < 1.29 is 14.3 Å². The van der Waals surface area contributed by atoms with Crippen LogP contribution in [-0.4, -0.2) is 100 Å². The zero-order valence-corrected chi connectivity index (χ0v) is 20.6. The van der Waals surface area contributed by atoms with Crippen molar-refractivity contribution in [2.75, 3.05) is 59.5 Å². The highest BCUT2D eigenvalue weighted by Crippen LogP contribution is 2.24. The topological polar surface area (TPSA) is 92.9 Å². The average Bonchev–Trinajstić information content (AvgIpc) is 3.57. The van der Waals surface area contributed by atoms with Crippen LogP contribution in [0.4, 0.5) is 0 Å². The first-order valence-electron chi connectivity index (χ1n) is 12.5. The van der Waals surface area contributed by atoms with E-state index in [2.05, 4.69) is 10.00 Å². The Bertz CT molecular complexity index is 1240. The molecule has 0 saturated carbocycles. The number of piperazine rings is 1. The van der Waals surface area contributed by atoms with Gasteiger partial charge in [0, 0.05) is 65.3 Å². The summed E-state index contributed by atoms with van der Waals surface area (Å²) in [4.78, 5) is 45.3. The Balaban J connectivity index is 1.37. The van der Waals surface area contributed by atoms with Gasteiger partial charge in [0.05, 0.1) is 30.0 Å². The minimum absolute atomic E-state index is 0.157. The summed E-state index contributed by atoms with van der Waals surface area (Å²) >= 11 is 0. The molecule has 0 atom stereocenters. The van der Waals surface area contributed by atoms with Gasteiger partial charge in [0.2, 0.25) is 5.91 Å². The van der Waals surface area contributed by atoms with E-state index in [1.54, 1.807) is 24.4 Å². The lowest BCUT2D eigenvalue weighted by atomic mass is 10.1. The molecule has 0 N–H and O–H groups in total. The van der Waals surface area contributed by atoms with E-state index in [0.29, 0.717) is 68.4 Å². The normalized spacial score (nSPS) is 16.7. The van der Waals surface area contributed by atoms with Crippen molar-refractivity contribution in [1.29, 1.82) is 0 Å². The van der Waals surface area contributed by atoms with Crippen LogP contribution in [0.15, 0.2) is 47.5 Å². The predicted octanol–water partition coefficient (Wildman–Crippen LogP) is 1.17. The largest absolute Gasteiger partial charge is 0.383 e. The van der Waals surface area contributed by atoms with Gasteiger partial charge >= 0.3 is 0 Å². The molecule has 1 aromatic rings. The number of benzene rings is 1. The fourth-order valence-electron chi connectivity index (χ4n) is 4.92. The molecule has 0 spiro atoms. The number of amides is 2. The van der Waals surface area contributed by atoms with E-state index in [4.69, 9.17) is 4.74 Å². The van der Waals surface area contributed by atoms with Gasteiger partial charge in [-0.05, 0) is 25.0 Å². The molecule has 1 aromatic carbocycles. The van der Waals surface area contributed by atoms with Gasteiger partial charge in [-0.2, -0.15) is 9.78 Å². The van der Waals surface area contributed by atoms with Crippen LogP contribution < -0.4 is 5.56 Å². The maximum absolute atomic E-state index is 13.7. The van der Waals surface area contributed by atoms with E-state index in [9.17, 15) is 14.4 Å². The van der Waals surface area contributed by atoms with Crippen LogP contribution in [0.3, 0.4) is 0 Å². The lowest BCUT2D eigenvalue weighted by Gasteiger charge is -2.35. The van der Waals surface area contributed by atoms with Gasteiger partial charge in [0.15, 0.2) is 0 Å². The van der Waals surface area contributed by atoms with Crippen molar-refractivity contribution in [3.8, 4) is 16.9 Å². The first kappa shape index (κ1) is 24.2. The Morgan fingerprint density at radius 1 is 0.944 bits per heavy atom. The van der Waals surface area contributed by atoms with Crippen molar-refractivity contribution in [2.24, 2.45) is 0 Å². The molecule has 4 heterocycles. The lowest BCUT2D eigenvalue weighted by Crippen LogP contribution is -2.51. The van der Waals surface area contributed by atoms with Gasteiger partial charge in [-0.3, -0.25) is 19.3 Å². The Hall–Kier alpha value is -3.50. The molecule has 4 aliphatic heterocycles. The number of aromatic nitrogens is 3. The summed E-state index contributed by atoms with van der Waals surface area (Å²) in [5.41, 5.74) is 1.58. The molecular formula is C26H32N6O4. The molecule has 36 heavy (non-hydrogen) atoms. The van der Waals surface area contributed by atoms with Crippen LogP contribution in [0, 0.1) is 0 Å². The summed E-state index contributed by atoms with van der Waals surface area (Å²) in [5, 5.41) is 4.57. The van der Waals surface area contributed by atoms with Crippen molar-refractivity contribution in [2.45, 2.75) is 19.4 Å². The van der Waals surface area contributed by atoms with Crippen LogP contribution in [0.1, 0.15) is 23.2 Å². The maximum atomic E-state index is 13.7. The van der Waals surface area contributed by atoms with Crippen LogP contribution in [-0.2, 0) is 16.1 Å². The number of ether oxygens (including phenoxy) is 1. The molecular weight excluding hydrogens is 460 g/mol. The van der Waals surface area contributed by atoms with Gasteiger partial charge in [-0.15, -0.1) is 0 Å². The van der Waals surface area contributed by atoms with Gasteiger partial charge in [-0.25, -0.2) is 0 Å². The molecule has 4 aliphatic rings. The SMILES string of the molecule is COCCn1cc(C(=O)N2CCN(CC(=O)N3CCCC3)CC2)c2nn(-c3ccccc3)c(=O)c-2c1. The number of pyridine rings is 1. The Labute approximate surface area is 210 Å². The summed E-state index contributed by atoms with van der Waals surface area (Å²) in [5.74, 6) is 0.0145. The van der Waals surface area contributed by atoms with Crippen molar-refractivity contribution >= 4 is 11.8 Å². The number of para-hydroxylation sites is 1. The molecule has 2 fully saturated rings. The molecule has 0 bridgehead atoms. The predicted molar refractivity (Wildman–Crippen MR) is 134 cm³/mol. The number of hydrogen-bond acceptors (Lipinski definition) is 6. The third-order valence-electron chi connectivity index (χ3n) is 6.98. The summed E-state index contributed by atoms with van der Waals surface area (Å²) in [6.07, 6.45) is 5.65. The summed E-state index contributed by atoms with van der Waals surface area (Å²) in [6, 6.07) is 9.20. The molecule has 2 amide bonds. The first-order valence-corrected chi connectivity index (χ1v) is 12.5. The van der Waals surface area contributed by atoms with Gasteiger partial charge < -0.3 is 19.1 Å². The Morgan fingerprint density at radius 3 is 2.36 bits per heavy atom. The van der Waals surface area contributed by atoms with E-state index < -0.39 is 0 Å². The van der Waals surface area contributed by atoms with Gasteiger partial charge in [0.25, 0.3) is 11.5 Å².